The fraction of sp³-hybridized carbons (Fsp3) is 0.300. The Bertz CT molecular complexity index is 376. The van der Waals surface area contributed by atoms with Crippen LogP contribution in [0.4, 0.5) is 11.4 Å². The second-order valence-electron chi connectivity index (χ2n) is 3.45. The van der Waals surface area contributed by atoms with E-state index in [-0.39, 0.29) is 18.4 Å². The van der Waals surface area contributed by atoms with Gasteiger partial charge in [0.05, 0.1) is 12.5 Å². The molecule has 2 rings (SSSR count). The number of carbonyl (C=O) groups is 1. The molecule has 1 amide bonds. The number of nitrogens with two attached hydrogens (primary N) is 1. The number of benzene rings is 1. The lowest BCUT2D eigenvalue weighted by molar-refractivity contribution is -0.121. The van der Waals surface area contributed by atoms with Crippen molar-refractivity contribution in [3.63, 3.8) is 0 Å². The Morgan fingerprint density at radius 1 is 1.57 bits per heavy atom. The van der Waals surface area contributed by atoms with E-state index >= 15 is 0 Å². The number of anilines is 2. The van der Waals surface area contributed by atoms with Crippen molar-refractivity contribution in [3.05, 3.63) is 23.8 Å². The molecule has 1 unspecified atom stereocenters. The van der Waals surface area contributed by atoms with Crippen molar-refractivity contribution in [2.45, 2.75) is 6.42 Å². The minimum atomic E-state index is -0.368. The molecular formula is C10H12N2O2. The number of aliphatic hydroxyl groups is 1. The molecule has 1 heterocycles. The molecule has 0 aliphatic carbocycles. The van der Waals surface area contributed by atoms with E-state index in [4.69, 9.17) is 10.8 Å². The molecule has 14 heavy (non-hydrogen) atoms. The first-order chi connectivity index (χ1) is 6.72. The molecule has 0 radical (unpaired) electrons. The summed E-state index contributed by atoms with van der Waals surface area (Å²) in [6.07, 6.45) is 0.518. The lowest BCUT2D eigenvalue weighted by Crippen LogP contribution is -2.32. The molecule has 1 aromatic carbocycles. The molecule has 4 nitrogen and oxygen atoms in total. The van der Waals surface area contributed by atoms with Crippen LogP contribution in [0.1, 0.15) is 5.56 Å². The normalized spacial score (nSPS) is 20.1. The molecule has 0 spiro atoms. The predicted molar refractivity (Wildman–Crippen MR) is 53.8 cm³/mol. The van der Waals surface area contributed by atoms with Gasteiger partial charge in [-0.2, -0.15) is 0 Å². The zero-order chi connectivity index (χ0) is 10.1. The van der Waals surface area contributed by atoms with E-state index in [0.29, 0.717) is 12.1 Å². The first-order valence-electron chi connectivity index (χ1n) is 4.51. The predicted octanol–water partition coefficient (Wildman–Crippen LogP) is 0.372. The number of nitrogen functional groups attached to an aromatic ring is 1. The fourth-order valence-electron chi connectivity index (χ4n) is 1.67. The van der Waals surface area contributed by atoms with Crippen LogP contribution < -0.4 is 11.1 Å². The van der Waals surface area contributed by atoms with Crippen molar-refractivity contribution in [1.29, 1.82) is 0 Å². The van der Waals surface area contributed by atoms with E-state index in [2.05, 4.69) is 5.32 Å². The third kappa shape index (κ3) is 1.33. The summed E-state index contributed by atoms with van der Waals surface area (Å²) in [6, 6.07) is 5.41. The van der Waals surface area contributed by atoms with Crippen LogP contribution >= 0.6 is 0 Å². The Morgan fingerprint density at radius 2 is 2.36 bits per heavy atom. The van der Waals surface area contributed by atoms with Gasteiger partial charge in [-0.05, 0) is 24.1 Å². The van der Waals surface area contributed by atoms with Gasteiger partial charge in [0.1, 0.15) is 0 Å². The van der Waals surface area contributed by atoms with E-state index in [1.165, 1.54) is 0 Å². The Labute approximate surface area is 81.7 Å². The molecule has 0 saturated heterocycles. The monoisotopic (exact) mass is 192 g/mol. The number of hydrogen-bond donors (Lipinski definition) is 3. The molecule has 1 atom stereocenters. The average molecular weight is 192 g/mol. The SMILES string of the molecule is Nc1cccc2c1CC(CO)C(=O)N2. The lowest BCUT2D eigenvalue weighted by Gasteiger charge is -2.24. The molecule has 0 fully saturated rings. The van der Waals surface area contributed by atoms with Gasteiger partial charge in [0.15, 0.2) is 0 Å². The van der Waals surface area contributed by atoms with Crippen LogP contribution in [0, 0.1) is 5.92 Å². The third-order valence-corrected chi connectivity index (χ3v) is 2.51. The van der Waals surface area contributed by atoms with Crippen LogP contribution in [0.3, 0.4) is 0 Å². The van der Waals surface area contributed by atoms with Crippen LogP contribution in [-0.4, -0.2) is 17.6 Å². The van der Waals surface area contributed by atoms with Crippen LogP contribution in [0.5, 0.6) is 0 Å². The van der Waals surface area contributed by atoms with E-state index in [0.717, 1.165) is 11.3 Å². The molecule has 0 aromatic heterocycles. The van der Waals surface area contributed by atoms with Gasteiger partial charge in [0, 0.05) is 11.4 Å². The molecule has 4 heteroatoms. The Kier molecular flexibility index (Phi) is 2.13. The largest absolute Gasteiger partial charge is 0.398 e. The van der Waals surface area contributed by atoms with Gasteiger partial charge >= 0.3 is 0 Å². The number of aliphatic hydroxyl groups excluding tert-OH is 1. The molecule has 0 saturated carbocycles. The van der Waals surface area contributed by atoms with Crippen molar-refractivity contribution < 1.29 is 9.90 Å². The quantitative estimate of drug-likeness (QED) is 0.563. The summed E-state index contributed by atoms with van der Waals surface area (Å²) in [5, 5.41) is 11.7. The van der Waals surface area contributed by atoms with Gasteiger partial charge < -0.3 is 16.2 Å². The lowest BCUT2D eigenvalue weighted by atomic mass is 9.93. The second kappa shape index (κ2) is 3.31. The van der Waals surface area contributed by atoms with E-state index in [9.17, 15) is 4.79 Å². The summed E-state index contributed by atoms with van der Waals surface area (Å²) in [5.41, 5.74) is 8.12. The highest BCUT2D eigenvalue weighted by atomic mass is 16.3. The minimum absolute atomic E-state index is 0.134. The van der Waals surface area contributed by atoms with Crippen LogP contribution in [-0.2, 0) is 11.2 Å². The summed E-state index contributed by atoms with van der Waals surface area (Å²) < 4.78 is 0. The first-order valence-corrected chi connectivity index (χ1v) is 4.51. The number of rotatable bonds is 1. The Balaban J connectivity index is 2.40. The average Bonchev–Trinajstić information content (AvgIpc) is 2.17. The molecule has 74 valence electrons. The Hall–Kier alpha value is -1.55. The number of amides is 1. The number of fused-ring (bicyclic) bond motifs is 1. The van der Waals surface area contributed by atoms with Crippen LogP contribution in [0.25, 0.3) is 0 Å². The first kappa shape index (κ1) is 9.02. The van der Waals surface area contributed by atoms with Crippen molar-refractivity contribution in [1.82, 2.24) is 0 Å². The van der Waals surface area contributed by atoms with Crippen molar-refractivity contribution in [2.75, 3.05) is 17.7 Å². The second-order valence-corrected chi connectivity index (χ2v) is 3.45. The van der Waals surface area contributed by atoms with E-state index in [1.54, 1.807) is 12.1 Å². The summed E-state index contributed by atoms with van der Waals surface area (Å²) in [6.45, 7) is -0.139. The van der Waals surface area contributed by atoms with Gasteiger partial charge in [-0.3, -0.25) is 4.79 Å². The Morgan fingerprint density at radius 3 is 3.07 bits per heavy atom. The molecule has 4 N–H and O–H groups in total. The number of nitrogens with one attached hydrogen (secondary N) is 1. The molecular weight excluding hydrogens is 180 g/mol. The number of hydrogen-bond acceptors (Lipinski definition) is 3. The van der Waals surface area contributed by atoms with Gasteiger partial charge in [0.25, 0.3) is 0 Å². The van der Waals surface area contributed by atoms with E-state index < -0.39 is 0 Å². The van der Waals surface area contributed by atoms with Crippen molar-refractivity contribution >= 4 is 17.3 Å². The highest BCUT2D eigenvalue weighted by Gasteiger charge is 2.26. The summed E-state index contributed by atoms with van der Waals surface area (Å²) in [4.78, 5) is 11.4. The zero-order valence-electron chi connectivity index (χ0n) is 7.66. The van der Waals surface area contributed by atoms with Crippen LogP contribution in [0.15, 0.2) is 18.2 Å². The van der Waals surface area contributed by atoms with Gasteiger partial charge in [-0.15, -0.1) is 0 Å². The smallest absolute Gasteiger partial charge is 0.230 e. The van der Waals surface area contributed by atoms with Crippen molar-refractivity contribution in [3.8, 4) is 0 Å². The summed E-state index contributed by atoms with van der Waals surface area (Å²) in [5.74, 6) is -0.502. The fourth-order valence-corrected chi connectivity index (χ4v) is 1.67. The standard InChI is InChI=1S/C10H12N2O2/c11-8-2-1-3-9-7(8)4-6(5-13)10(14)12-9/h1-3,6,13H,4-5,11H2,(H,12,14). The zero-order valence-corrected chi connectivity index (χ0v) is 7.66. The summed E-state index contributed by atoms with van der Waals surface area (Å²) >= 11 is 0. The highest BCUT2D eigenvalue weighted by Crippen LogP contribution is 2.29. The maximum Gasteiger partial charge on any atom is 0.230 e. The van der Waals surface area contributed by atoms with E-state index in [1.807, 2.05) is 6.07 Å². The number of carbonyl (C=O) groups excluding carboxylic acids is 1. The molecule has 1 aliphatic rings. The van der Waals surface area contributed by atoms with Crippen LogP contribution in [0.2, 0.25) is 0 Å². The molecule has 0 bridgehead atoms. The topological polar surface area (TPSA) is 75.3 Å². The van der Waals surface area contributed by atoms with Crippen molar-refractivity contribution in [2.24, 2.45) is 5.92 Å². The molecule has 1 aromatic rings. The van der Waals surface area contributed by atoms with Gasteiger partial charge in [0.2, 0.25) is 5.91 Å². The maximum absolute atomic E-state index is 11.4. The van der Waals surface area contributed by atoms with Gasteiger partial charge in [-0.25, -0.2) is 0 Å². The summed E-state index contributed by atoms with van der Waals surface area (Å²) in [7, 11) is 0. The minimum Gasteiger partial charge on any atom is -0.398 e. The highest BCUT2D eigenvalue weighted by molar-refractivity contribution is 5.96. The molecule has 1 aliphatic heterocycles. The maximum atomic E-state index is 11.4. The van der Waals surface area contributed by atoms with Gasteiger partial charge in [-0.1, -0.05) is 6.07 Å². The third-order valence-electron chi connectivity index (χ3n) is 2.51.